The molecule has 1 fully saturated rings. The van der Waals surface area contributed by atoms with E-state index in [9.17, 15) is 19.2 Å². The minimum absolute atomic E-state index is 0.257. The van der Waals surface area contributed by atoms with Gasteiger partial charge in [0.1, 0.15) is 0 Å². The molecule has 2 aromatic carbocycles. The number of imide groups is 2. The Morgan fingerprint density at radius 1 is 1.06 bits per heavy atom. The maximum atomic E-state index is 12.8. The number of fused-ring (bicyclic) bond motifs is 1. The van der Waals surface area contributed by atoms with Crippen molar-refractivity contribution >= 4 is 29.4 Å². The first-order valence-electron chi connectivity index (χ1n) is 10.2. The van der Waals surface area contributed by atoms with E-state index in [2.05, 4.69) is 16.0 Å². The molecule has 160 valence electrons. The topological polar surface area (TPSA) is 108 Å². The molecule has 4 rings (SSSR count). The number of amides is 5. The molecule has 2 aliphatic rings. The number of benzene rings is 2. The first-order valence-corrected chi connectivity index (χ1v) is 10.2. The molecule has 2 aromatic rings. The Labute approximate surface area is 180 Å². The number of rotatable bonds is 3. The fraction of sp³-hybridized carbons (Fsp3) is 0.304. The number of hydrogen-bond donors (Lipinski definition) is 3. The molecule has 0 spiro atoms. The number of piperidine rings is 1. The van der Waals surface area contributed by atoms with Crippen molar-refractivity contribution in [3.63, 3.8) is 0 Å². The van der Waals surface area contributed by atoms with E-state index in [-0.39, 0.29) is 11.8 Å². The van der Waals surface area contributed by atoms with Crippen LogP contribution >= 0.6 is 0 Å². The Morgan fingerprint density at radius 3 is 2.61 bits per heavy atom. The maximum absolute atomic E-state index is 12.8. The van der Waals surface area contributed by atoms with Crippen LogP contribution in [0.15, 0.2) is 36.4 Å². The molecule has 1 saturated heterocycles. The average Bonchev–Trinajstić information content (AvgIpc) is 3.14. The first-order chi connectivity index (χ1) is 14.8. The lowest BCUT2D eigenvalue weighted by molar-refractivity contribution is -0.137. The number of nitrogens with one attached hydrogen (secondary N) is 3. The molecular formula is C23H24N4O4. The van der Waals surface area contributed by atoms with Gasteiger partial charge in [-0.15, -0.1) is 0 Å². The van der Waals surface area contributed by atoms with Gasteiger partial charge in [-0.2, -0.15) is 0 Å². The van der Waals surface area contributed by atoms with Crippen LogP contribution in [0.2, 0.25) is 0 Å². The molecule has 0 aromatic heterocycles. The summed E-state index contributed by atoms with van der Waals surface area (Å²) in [5.41, 5.74) is 4.90. The Hall–Kier alpha value is -3.52. The Balaban J connectivity index is 1.44. The zero-order chi connectivity index (χ0) is 22.1. The fourth-order valence-corrected chi connectivity index (χ4v) is 4.06. The molecule has 3 N–H and O–H groups in total. The highest BCUT2D eigenvalue weighted by Gasteiger charge is 2.36. The summed E-state index contributed by atoms with van der Waals surface area (Å²) in [5, 5.41) is 7.44. The van der Waals surface area contributed by atoms with E-state index in [0.717, 1.165) is 22.3 Å². The Bertz CT molecular complexity index is 1090. The number of aryl methyl sites for hydroxylation is 2. The van der Waals surface area contributed by atoms with E-state index in [0.29, 0.717) is 37.2 Å². The van der Waals surface area contributed by atoms with E-state index < -0.39 is 18.0 Å². The van der Waals surface area contributed by atoms with Crippen LogP contribution in [0.5, 0.6) is 0 Å². The lowest BCUT2D eigenvalue weighted by Gasteiger charge is -2.29. The number of urea groups is 1. The van der Waals surface area contributed by atoms with Crippen molar-refractivity contribution in [2.45, 2.75) is 45.8 Å². The molecule has 8 heteroatoms. The molecule has 2 aliphatic heterocycles. The van der Waals surface area contributed by atoms with Crippen molar-refractivity contribution in [3.05, 3.63) is 64.2 Å². The Kier molecular flexibility index (Phi) is 5.56. The molecular weight excluding hydrogens is 396 g/mol. The second-order valence-electron chi connectivity index (χ2n) is 8.02. The van der Waals surface area contributed by atoms with Crippen molar-refractivity contribution in [1.82, 2.24) is 15.5 Å². The highest BCUT2D eigenvalue weighted by molar-refractivity contribution is 6.08. The lowest BCUT2D eigenvalue weighted by Crippen LogP contribution is -2.50. The van der Waals surface area contributed by atoms with Gasteiger partial charge in [0.15, 0.2) is 0 Å². The van der Waals surface area contributed by atoms with Crippen LogP contribution in [-0.2, 0) is 22.7 Å². The molecule has 8 nitrogen and oxygen atoms in total. The molecule has 5 amide bonds. The normalized spacial score (nSPS) is 18.3. The predicted molar refractivity (Wildman–Crippen MR) is 114 cm³/mol. The van der Waals surface area contributed by atoms with Crippen LogP contribution in [0.4, 0.5) is 10.5 Å². The van der Waals surface area contributed by atoms with Crippen molar-refractivity contribution in [1.29, 1.82) is 0 Å². The fourth-order valence-electron chi connectivity index (χ4n) is 4.06. The molecule has 0 aliphatic carbocycles. The minimum atomic E-state index is -0.606. The van der Waals surface area contributed by atoms with Crippen LogP contribution in [0.3, 0.4) is 0 Å². The van der Waals surface area contributed by atoms with Crippen LogP contribution in [0.25, 0.3) is 0 Å². The maximum Gasteiger partial charge on any atom is 0.326 e. The molecule has 1 unspecified atom stereocenters. The molecule has 0 saturated carbocycles. The van der Waals surface area contributed by atoms with Gasteiger partial charge >= 0.3 is 6.03 Å². The number of carbonyl (C=O) groups excluding carboxylic acids is 4. The third-order valence-corrected chi connectivity index (χ3v) is 5.90. The van der Waals surface area contributed by atoms with Crippen LogP contribution < -0.4 is 16.0 Å². The van der Waals surface area contributed by atoms with Gasteiger partial charge in [-0.3, -0.25) is 29.9 Å². The van der Waals surface area contributed by atoms with E-state index in [1.54, 1.807) is 18.2 Å². The lowest BCUT2D eigenvalue weighted by atomic mass is 10.0. The zero-order valence-corrected chi connectivity index (χ0v) is 17.5. The van der Waals surface area contributed by atoms with Gasteiger partial charge in [0.25, 0.3) is 5.91 Å². The average molecular weight is 420 g/mol. The second kappa shape index (κ2) is 8.31. The smallest absolute Gasteiger partial charge is 0.308 e. The van der Waals surface area contributed by atoms with Crippen molar-refractivity contribution < 1.29 is 19.2 Å². The summed E-state index contributed by atoms with van der Waals surface area (Å²) in [6, 6.07) is 9.86. The monoisotopic (exact) mass is 420 g/mol. The van der Waals surface area contributed by atoms with E-state index in [1.807, 2.05) is 36.9 Å². The van der Waals surface area contributed by atoms with E-state index in [1.165, 1.54) is 0 Å². The van der Waals surface area contributed by atoms with Crippen molar-refractivity contribution in [3.8, 4) is 0 Å². The summed E-state index contributed by atoms with van der Waals surface area (Å²) in [4.78, 5) is 50.7. The quantitative estimate of drug-likeness (QED) is 0.661. The SMILES string of the molecule is Cc1ccc(NC(=O)NC(=O)c2cccc3c2CN(C2CCC(=O)NC2=O)C3)cc1C. The highest BCUT2D eigenvalue weighted by atomic mass is 16.2. The van der Waals surface area contributed by atoms with Gasteiger partial charge in [-0.05, 0) is 60.7 Å². The molecule has 1 atom stereocenters. The van der Waals surface area contributed by atoms with Gasteiger partial charge in [-0.25, -0.2) is 4.79 Å². The number of nitrogens with zero attached hydrogens (tertiary/aromatic N) is 1. The summed E-state index contributed by atoms with van der Waals surface area (Å²) in [7, 11) is 0. The summed E-state index contributed by atoms with van der Waals surface area (Å²) < 4.78 is 0. The van der Waals surface area contributed by atoms with Gasteiger partial charge in [-0.1, -0.05) is 18.2 Å². The summed E-state index contributed by atoms with van der Waals surface area (Å²) in [6.45, 7) is 4.85. The summed E-state index contributed by atoms with van der Waals surface area (Å²) >= 11 is 0. The van der Waals surface area contributed by atoms with Gasteiger partial charge in [0.2, 0.25) is 11.8 Å². The van der Waals surface area contributed by atoms with Gasteiger partial charge < -0.3 is 5.32 Å². The van der Waals surface area contributed by atoms with Crippen molar-refractivity contribution in [2.75, 3.05) is 5.32 Å². The third-order valence-electron chi connectivity index (χ3n) is 5.90. The second-order valence-corrected chi connectivity index (χ2v) is 8.02. The van der Waals surface area contributed by atoms with E-state index in [4.69, 9.17) is 0 Å². The molecule has 0 bridgehead atoms. The number of hydrogen-bond acceptors (Lipinski definition) is 5. The Morgan fingerprint density at radius 2 is 1.87 bits per heavy atom. The number of anilines is 1. The predicted octanol–water partition coefficient (Wildman–Crippen LogP) is 2.39. The first kappa shape index (κ1) is 20.7. The number of carbonyl (C=O) groups is 4. The molecule has 31 heavy (non-hydrogen) atoms. The summed E-state index contributed by atoms with van der Waals surface area (Å²) in [6.07, 6.45) is 0.758. The van der Waals surface area contributed by atoms with Crippen LogP contribution in [0, 0.1) is 13.8 Å². The largest absolute Gasteiger partial charge is 0.326 e. The molecule has 0 radical (unpaired) electrons. The molecule has 2 heterocycles. The van der Waals surface area contributed by atoms with Crippen LogP contribution in [-0.4, -0.2) is 34.7 Å². The van der Waals surface area contributed by atoms with Gasteiger partial charge in [0.05, 0.1) is 6.04 Å². The third kappa shape index (κ3) is 4.34. The van der Waals surface area contributed by atoms with Crippen molar-refractivity contribution in [2.24, 2.45) is 0 Å². The minimum Gasteiger partial charge on any atom is -0.308 e. The standard InChI is InChI=1S/C23H24N4O4/c1-13-6-7-16(10-14(13)2)24-23(31)26-21(29)17-5-3-4-15-11-27(12-18(15)17)19-8-9-20(28)25-22(19)30/h3-7,10,19H,8-9,11-12H2,1-2H3,(H,25,28,30)(H2,24,26,29,31). The highest BCUT2D eigenvalue weighted by Crippen LogP contribution is 2.29. The zero-order valence-electron chi connectivity index (χ0n) is 17.5. The van der Waals surface area contributed by atoms with Gasteiger partial charge in [0, 0.05) is 30.8 Å². The van der Waals surface area contributed by atoms with E-state index >= 15 is 0 Å². The van der Waals surface area contributed by atoms with Crippen LogP contribution in [0.1, 0.15) is 45.5 Å². The summed E-state index contributed by atoms with van der Waals surface area (Å²) in [5.74, 6) is -1.06.